The van der Waals surface area contributed by atoms with Crippen molar-refractivity contribution < 1.29 is 0 Å². The van der Waals surface area contributed by atoms with Gasteiger partial charge >= 0.3 is 0 Å². The first kappa shape index (κ1) is 25.9. The molecule has 1 heteroatoms. The minimum Gasteiger partial charge on any atom is -0.261 e. The van der Waals surface area contributed by atoms with Gasteiger partial charge in [-0.15, -0.1) is 0 Å². The van der Waals surface area contributed by atoms with Gasteiger partial charge in [0.1, 0.15) is 0 Å². The van der Waals surface area contributed by atoms with E-state index in [4.69, 9.17) is 0 Å². The minimum absolute atomic E-state index is 0.285. The van der Waals surface area contributed by atoms with E-state index in [-0.39, 0.29) is 5.92 Å². The molecule has 1 heterocycles. The Balaban J connectivity index is 1.36. The summed E-state index contributed by atoms with van der Waals surface area (Å²) in [5.74, 6) is 0.591. The lowest BCUT2D eigenvalue weighted by Crippen LogP contribution is -2.40. The Morgan fingerprint density at radius 3 is 1.93 bits per heavy atom. The summed E-state index contributed by atoms with van der Waals surface area (Å²) in [5.41, 5.74) is 12.3. The predicted molar refractivity (Wildman–Crippen MR) is 181 cm³/mol. The molecule has 2 atom stereocenters. The third-order valence-corrected chi connectivity index (χ3v) is 9.73. The second-order valence-corrected chi connectivity index (χ2v) is 12.1. The summed E-state index contributed by atoms with van der Waals surface area (Å²) < 4.78 is 0. The maximum absolute atomic E-state index is 4.55. The summed E-state index contributed by atoms with van der Waals surface area (Å²) in [7, 11) is 0. The van der Waals surface area contributed by atoms with E-state index in [0.29, 0.717) is 5.92 Å². The van der Waals surface area contributed by atoms with Gasteiger partial charge in [-0.3, -0.25) is 4.98 Å². The lowest BCUT2D eigenvalue weighted by Gasteiger charge is -2.35. The molecule has 0 N–H and O–H groups in total. The van der Waals surface area contributed by atoms with Gasteiger partial charge in [0.25, 0.3) is 0 Å². The van der Waals surface area contributed by atoms with Crippen LogP contribution in [0.2, 0.25) is 0 Å². The van der Waals surface area contributed by atoms with Crippen molar-refractivity contribution in [3.8, 4) is 0 Å². The zero-order valence-electron chi connectivity index (χ0n) is 24.6. The zero-order chi connectivity index (χ0) is 28.8. The van der Waals surface area contributed by atoms with Gasteiger partial charge in [0.2, 0.25) is 0 Å². The number of hydrogen-bond donors (Lipinski definition) is 0. The molecule has 0 spiro atoms. The number of hydrogen-bond acceptors (Lipinski definition) is 1. The lowest BCUT2D eigenvalue weighted by molar-refractivity contribution is 0.680. The molecule has 2 unspecified atom stereocenters. The molecule has 0 aliphatic heterocycles. The largest absolute Gasteiger partial charge is 0.261 e. The van der Waals surface area contributed by atoms with Crippen LogP contribution in [0.4, 0.5) is 0 Å². The number of aromatic nitrogens is 1. The van der Waals surface area contributed by atoms with Crippen LogP contribution in [-0.4, -0.2) is 4.98 Å². The van der Waals surface area contributed by atoms with Gasteiger partial charge in [-0.1, -0.05) is 121 Å². The van der Waals surface area contributed by atoms with E-state index in [1.54, 1.807) is 0 Å². The van der Waals surface area contributed by atoms with E-state index in [0.717, 1.165) is 31.4 Å². The van der Waals surface area contributed by atoms with Crippen molar-refractivity contribution in [3.63, 3.8) is 0 Å². The molecule has 0 radical (unpaired) electrons. The van der Waals surface area contributed by atoms with E-state index >= 15 is 0 Å². The second kappa shape index (κ2) is 10.8. The minimum atomic E-state index is 0.285. The van der Waals surface area contributed by atoms with Crippen molar-refractivity contribution in [2.75, 3.05) is 0 Å². The van der Waals surface area contributed by atoms with E-state index < -0.39 is 0 Å². The molecule has 8 rings (SSSR count). The number of nitrogens with zero attached hydrogens (tertiary/aromatic N) is 1. The van der Waals surface area contributed by atoms with Crippen LogP contribution in [0.15, 0.2) is 139 Å². The molecule has 4 aliphatic carbocycles. The SMILES string of the molecule is Cc1ncccc1C1=CC=C(C2=c3ccccc3=C(c3ccc(C4=CC=CCC4)c4ccccc34)C3C=CC=CC23)CC1. The molecule has 208 valence electrons. The smallest absolute Gasteiger partial charge is 0.0447 e. The maximum atomic E-state index is 4.55. The Hall–Kier alpha value is -4.75. The molecule has 0 bridgehead atoms. The van der Waals surface area contributed by atoms with Crippen LogP contribution in [0, 0.1) is 18.8 Å². The molecule has 0 saturated heterocycles. The Morgan fingerprint density at radius 2 is 1.21 bits per heavy atom. The lowest BCUT2D eigenvalue weighted by atomic mass is 9.68. The van der Waals surface area contributed by atoms with Crippen LogP contribution in [0.3, 0.4) is 0 Å². The van der Waals surface area contributed by atoms with Crippen LogP contribution in [0.25, 0.3) is 33.1 Å². The average molecular weight is 554 g/mol. The molecule has 0 fully saturated rings. The Morgan fingerprint density at radius 1 is 0.558 bits per heavy atom. The molecule has 1 aromatic heterocycles. The Labute approximate surface area is 254 Å². The van der Waals surface area contributed by atoms with Gasteiger partial charge in [0.15, 0.2) is 0 Å². The average Bonchev–Trinajstić information content (AvgIpc) is 3.08. The van der Waals surface area contributed by atoms with Gasteiger partial charge in [0.05, 0.1) is 0 Å². The first-order valence-electron chi connectivity index (χ1n) is 15.7. The maximum Gasteiger partial charge on any atom is 0.0447 e. The Kier molecular flexibility index (Phi) is 6.52. The Bertz CT molecular complexity index is 2090. The van der Waals surface area contributed by atoms with Crippen molar-refractivity contribution in [2.45, 2.75) is 32.6 Å². The van der Waals surface area contributed by atoms with Gasteiger partial charge < -0.3 is 0 Å². The van der Waals surface area contributed by atoms with E-state index in [2.05, 4.69) is 139 Å². The van der Waals surface area contributed by atoms with E-state index in [1.165, 1.54) is 65.8 Å². The molecule has 4 aliphatic rings. The standard InChI is InChI=1S/C42H35N/c1-28-32(20-11-27-43-28)30-21-23-31(24-22-30)41-36-16-7-9-18-38(36)42(39-19-10-8-17-37(39)41)40-26-25-33(29-12-3-2-4-13-29)34-14-5-6-15-35(34)40/h2-3,5-12,14-21,23,25-27,36,38H,4,13,22,24H2,1H3. The van der Waals surface area contributed by atoms with Crippen LogP contribution in [-0.2, 0) is 0 Å². The topological polar surface area (TPSA) is 12.9 Å². The molecule has 4 aromatic rings. The first-order valence-corrected chi connectivity index (χ1v) is 15.7. The summed E-state index contributed by atoms with van der Waals surface area (Å²) in [4.78, 5) is 4.55. The first-order chi connectivity index (χ1) is 21.3. The van der Waals surface area contributed by atoms with Gasteiger partial charge in [-0.05, 0) is 104 Å². The van der Waals surface area contributed by atoms with Crippen molar-refractivity contribution in [1.29, 1.82) is 0 Å². The van der Waals surface area contributed by atoms with Crippen molar-refractivity contribution in [1.82, 2.24) is 4.98 Å². The van der Waals surface area contributed by atoms with E-state index in [1.807, 2.05) is 6.20 Å². The quantitative estimate of drug-likeness (QED) is 0.246. The summed E-state index contributed by atoms with van der Waals surface area (Å²) in [6.45, 7) is 2.11. The monoisotopic (exact) mass is 553 g/mol. The molecule has 43 heavy (non-hydrogen) atoms. The highest BCUT2D eigenvalue weighted by Gasteiger charge is 2.33. The predicted octanol–water partition coefficient (Wildman–Crippen LogP) is 8.80. The molecule has 3 aromatic carbocycles. The molecule has 1 nitrogen and oxygen atoms in total. The van der Waals surface area contributed by atoms with Crippen molar-refractivity contribution in [3.05, 3.63) is 172 Å². The van der Waals surface area contributed by atoms with Gasteiger partial charge in [-0.2, -0.15) is 0 Å². The number of allylic oxidation sites excluding steroid dienone is 12. The van der Waals surface area contributed by atoms with Crippen molar-refractivity contribution in [2.24, 2.45) is 11.8 Å². The second-order valence-electron chi connectivity index (χ2n) is 12.1. The summed E-state index contributed by atoms with van der Waals surface area (Å²) in [6, 6.07) is 27.2. The summed E-state index contributed by atoms with van der Waals surface area (Å²) >= 11 is 0. The summed E-state index contributed by atoms with van der Waals surface area (Å²) in [6.07, 6.45) is 27.1. The fraction of sp³-hybridized carbons (Fsp3) is 0.167. The van der Waals surface area contributed by atoms with Crippen LogP contribution in [0.1, 0.15) is 48.1 Å². The zero-order valence-corrected chi connectivity index (χ0v) is 24.6. The van der Waals surface area contributed by atoms with Gasteiger partial charge in [-0.25, -0.2) is 0 Å². The van der Waals surface area contributed by atoms with Crippen LogP contribution in [0.5, 0.6) is 0 Å². The van der Waals surface area contributed by atoms with E-state index in [9.17, 15) is 0 Å². The molecular weight excluding hydrogens is 518 g/mol. The van der Waals surface area contributed by atoms with Crippen LogP contribution < -0.4 is 10.4 Å². The third kappa shape index (κ3) is 4.43. The third-order valence-electron chi connectivity index (χ3n) is 9.73. The van der Waals surface area contributed by atoms with Crippen molar-refractivity contribution >= 4 is 33.1 Å². The summed E-state index contributed by atoms with van der Waals surface area (Å²) in [5, 5.41) is 5.45. The highest BCUT2D eigenvalue weighted by atomic mass is 14.7. The van der Waals surface area contributed by atoms with Crippen LogP contribution >= 0.6 is 0 Å². The number of pyridine rings is 1. The normalized spacial score (nSPS) is 20.8. The number of benzene rings is 3. The molecular formula is C42H35N. The molecule has 0 saturated carbocycles. The fourth-order valence-electron chi connectivity index (χ4n) is 7.73. The fourth-order valence-corrected chi connectivity index (χ4v) is 7.73. The number of rotatable bonds is 4. The number of aryl methyl sites for hydroxylation is 1. The number of fused-ring (bicyclic) bond motifs is 3. The van der Waals surface area contributed by atoms with Gasteiger partial charge in [0, 0.05) is 23.7 Å². The molecule has 0 amide bonds. The highest BCUT2D eigenvalue weighted by Crippen LogP contribution is 2.45. The highest BCUT2D eigenvalue weighted by molar-refractivity contribution is 6.02.